The highest BCUT2D eigenvalue weighted by Crippen LogP contribution is 2.28. The second-order valence-corrected chi connectivity index (χ2v) is 6.22. The topological polar surface area (TPSA) is 17.3 Å². The molecule has 0 N–H and O–H groups in total. The third-order valence-corrected chi connectivity index (χ3v) is 4.89. The Balaban J connectivity index is 2.04. The number of benzene rings is 1. The molecular weight excluding hydrogens is 271 g/mol. The van der Waals surface area contributed by atoms with E-state index in [1.165, 1.54) is 43.9 Å². The van der Waals surface area contributed by atoms with Crippen molar-refractivity contribution in [3.8, 4) is 0 Å². The van der Waals surface area contributed by atoms with E-state index in [1.807, 2.05) is 6.07 Å². The van der Waals surface area contributed by atoms with Gasteiger partial charge in [-0.15, -0.1) is 11.3 Å². The van der Waals surface area contributed by atoms with E-state index in [0.29, 0.717) is 11.7 Å². The van der Waals surface area contributed by atoms with Crippen LogP contribution in [-0.4, -0.2) is 4.57 Å². The Hall–Kier alpha value is -1.42. The average molecular weight is 290 g/mol. The fraction of sp³-hybridized carbons (Fsp3) is 0.438. The molecular formula is C16H19FN2S. The van der Waals surface area contributed by atoms with Crippen LogP contribution >= 0.6 is 11.3 Å². The highest BCUT2D eigenvalue weighted by Gasteiger charge is 2.18. The number of para-hydroxylation sites is 1. The van der Waals surface area contributed by atoms with Crippen LogP contribution in [-0.2, 0) is 0 Å². The summed E-state index contributed by atoms with van der Waals surface area (Å²) in [7, 11) is 0. The first-order valence-corrected chi connectivity index (χ1v) is 8.09. The minimum atomic E-state index is -0.256. The molecule has 4 heteroatoms. The number of halogens is 1. The van der Waals surface area contributed by atoms with Crippen LogP contribution in [0.2, 0.25) is 0 Å². The molecule has 2 aromatic rings. The van der Waals surface area contributed by atoms with Gasteiger partial charge in [-0.3, -0.25) is 0 Å². The Kier molecular flexibility index (Phi) is 4.01. The van der Waals surface area contributed by atoms with Gasteiger partial charge >= 0.3 is 0 Å². The lowest BCUT2D eigenvalue weighted by molar-refractivity contribution is 0.344. The molecule has 20 heavy (non-hydrogen) atoms. The number of hydrogen-bond donors (Lipinski definition) is 0. The normalized spacial score (nSPS) is 17.6. The van der Waals surface area contributed by atoms with Gasteiger partial charge < -0.3 is 4.57 Å². The number of aromatic nitrogens is 1. The lowest BCUT2D eigenvalue weighted by Crippen LogP contribution is -2.23. The number of rotatable bonds is 2. The van der Waals surface area contributed by atoms with E-state index in [0.717, 1.165) is 4.80 Å². The van der Waals surface area contributed by atoms with Crippen molar-refractivity contribution < 1.29 is 4.39 Å². The van der Waals surface area contributed by atoms with Crippen molar-refractivity contribution in [3.05, 3.63) is 46.0 Å². The molecule has 1 saturated carbocycles. The van der Waals surface area contributed by atoms with Crippen LogP contribution in [0.5, 0.6) is 0 Å². The van der Waals surface area contributed by atoms with Gasteiger partial charge in [-0.2, -0.15) is 0 Å². The van der Waals surface area contributed by atoms with Gasteiger partial charge in [0.25, 0.3) is 0 Å². The smallest absolute Gasteiger partial charge is 0.190 e. The van der Waals surface area contributed by atoms with E-state index in [1.54, 1.807) is 23.5 Å². The number of hydrogen-bond acceptors (Lipinski definition) is 2. The van der Waals surface area contributed by atoms with Crippen molar-refractivity contribution in [2.45, 2.75) is 45.1 Å². The fourth-order valence-corrected chi connectivity index (χ4v) is 3.86. The maximum atomic E-state index is 13.8. The first-order valence-electron chi connectivity index (χ1n) is 7.21. The fourth-order valence-electron chi connectivity index (χ4n) is 2.91. The Morgan fingerprint density at radius 3 is 2.70 bits per heavy atom. The van der Waals surface area contributed by atoms with Crippen LogP contribution < -0.4 is 4.80 Å². The van der Waals surface area contributed by atoms with Gasteiger partial charge in [-0.1, -0.05) is 31.4 Å². The van der Waals surface area contributed by atoms with Crippen LogP contribution in [0.15, 0.2) is 34.6 Å². The molecule has 1 aliphatic carbocycles. The molecule has 0 atom stereocenters. The quantitative estimate of drug-likeness (QED) is 0.760. The molecule has 0 amide bonds. The molecule has 1 heterocycles. The summed E-state index contributed by atoms with van der Waals surface area (Å²) in [5.41, 5.74) is 1.66. The second-order valence-electron chi connectivity index (χ2n) is 5.38. The monoisotopic (exact) mass is 290 g/mol. The van der Waals surface area contributed by atoms with Gasteiger partial charge in [0.15, 0.2) is 4.80 Å². The Bertz CT molecular complexity index is 650. The number of nitrogens with zero attached hydrogens (tertiary/aromatic N) is 2. The minimum Gasteiger partial charge on any atom is -0.318 e. The van der Waals surface area contributed by atoms with Crippen LogP contribution in [0.1, 0.15) is 43.8 Å². The molecule has 0 bridgehead atoms. The van der Waals surface area contributed by atoms with Crippen molar-refractivity contribution in [1.29, 1.82) is 0 Å². The average Bonchev–Trinajstić information content (AvgIpc) is 2.83. The van der Waals surface area contributed by atoms with Crippen molar-refractivity contribution in [1.82, 2.24) is 4.57 Å². The van der Waals surface area contributed by atoms with Crippen LogP contribution in [0.25, 0.3) is 0 Å². The predicted octanol–water partition coefficient (Wildman–Crippen LogP) is 4.73. The summed E-state index contributed by atoms with van der Waals surface area (Å²) < 4.78 is 16.1. The summed E-state index contributed by atoms with van der Waals surface area (Å²) in [5, 5.41) is 2.12. The Morgan fingerprint density at radius 1 is 1.20 bits per heavy atom. The maximum Gasteiger partial charge on any atom is 0.190 e. The second kappa shape index (κ2) is 5.92. The molecule has 0 aliphatic heterocycles. The van der Waals surface area contributed by atoms with E-state index < -0.39 is 0 Å². The van der Waals surface area contributed by atoms with Crippen LogP contribution in [0.4, 0.5) is 10.1 Å². The molecule has 0 spiro atoms. The summed E-state index contributed by atoms with van der Waals surface area (Å²) in [4.78, 5) is 5.46. The zero-order valence-electron chi connectivity index (χ0n) is 11.7. The largest absolute Gasteiger partial charge is 0.318 e. The zero-order valence-corrected chi connectivity index (χ0v) is 12.5. The van der Waals surface area contributed by atoms with Gasteiger partial charge in [-0.25, -0.2) is 9.38 Å². The van der Waals surface area contributed by atoms with E-state index >= 15 is 0 Å². The highest BCUT2D eigenvalue weighted by molar-refractivity contribution is 7.07. The van der Waals surface area contributed by atoms with E-state index in [2.05, 4.69) is 21.9 Å². The summed E-state index contributed by atoms with van der Waals surface area (Å²) in [5.74, 6) is -0.256. The molecule has 0 saturated heterocycles. The summed E-state index contributed by atoms with van der Waals surface area (Å²) >= 11 is 1.60. The third-order valence-electron chi connectivity index (χ3n) is 3.93. The molecule has 1 fully saturated rings. The number of thiazole rings is 1. The van der Waals surface area contributed by atoms with Crippen molar-refractivity contribution in [2.24, 2.45) is 4.99 Å². The van der Waals surface area contributed by atoms with Crippen LogP contribution in [0, 0.1) is 12.7 Å². The van der Waals surface area contributed by atoms with Gasteiger partial charge in [0.2, 0.25) is 0 Å². The minimum absolute atomic E-state index is 0.256. The predicted molar refractivity (Wildman–Crippen MR) is 80.8 cm³/mol. The first-order chi connectivity index (χ1) is 9.75. The molecule has 1 aromatic heterocycles. The first kappa shape index (κ1) is 13.6. The molecule has 1 aliphatic rings. The Labute approximate surface area is 122 Å². The molecule has 2 nitrogen and oxygen atoms in total. The van der Waals surface area contributed by atoms with Gasteiger partial charge in [0.05, 0.1) is 0 Å². The van der Waals surface area contributed by atoms with Gasteiger partial charge in [-0.05, 0) is 31.9 Å². The lowest BCUT2D eigenvalue weighted by Gasteiger charge is -2.24. The molecule has 1 aromatic carbocycles. The summed E-state index contributed by atoms with van der Waals surface area (Å²) in [6.07, 6.45) is 6.32. The maximum absolute atomic E-state index is 13.8. The number of aryl methyl sites for hydroxylation is 1. The van der Waals surface area contributed by atoms with Crippen molar-refractivity contribution >= 4 is 17.0 Å². The van der Waals surface area contributed by atoms with Gasteiger partial charge in [0.1, 0.15) is 11.5 Å². The molecule has 0 unspecified atom stereocenters. The summed E-state index contributed by atoms with van der Waals surface area (Å²) in [6.45, 7) is 2.12. The molecule has 106 valence electrons. The standard InChI is InChI=1S/C16H19FN2S/c1-12-11-20-16(18-15-10-6-5-9-14(15)17)19(12)13-7-3-2-4-8-13/h5-6,9-11,13H,2-4,7-8H2,1H3. The highest BCUT2D eigenvalue weighted by atomic mass is 32.1. The van der Waals surface area contributed by atoms with Crippen LogP contribution in [0.3, 0.4) is 0 Å². The third kappa shape index (κ3) is 2.70. The van der Waals surface area contributed by atoms with E-state index in [-0.39, 0.29) is 5.82 Å². The Morgan fingerprint density at radius 2 is 1.95 bits per heavy atom. The molecule has 0 radical (unpaired) electrons. The van der Waals surface area contributed by atoms with E-state index in [4.69, 9.17) is 0 Å². The summed E-state index contributed by atoms with van der Waals surface area (Å²) in [6, 6.07) is 7.25. The van der Waals surface area contributed by atoms with Crippen molar-refractivity contribution in [2.75, 3.05) is 0 Å². The zero-order chi connectivity index (χ0) is 13.9. The van der Waals surface area contributed by atoms with Gasteiger partial charge in [0, 0.05) is 17.1 Å². The van der Waals surface area contributed by atoms with E-state index in [9.17, 15) is 4.39 Å². The SMILES string of the molecule is Cc1csc(=Nc2ccccc2F)n1C1CCCCC1. The van der Waals surface area contributed by atoms with Crippen molar-refractivity contribution in [3.63, 3.8) is 0 Å². The molecule has 3 rings (SSSR count). The lowest BCUT2D eigenvalue weighted by atomic mass is 9.95.